The third-order valence-electron chi connectivity index (χ3n) is 5.47. The topological polar surface area (TPSA) is 54.9 Å². The van der Waals surface area contributed by atoms with Gasteiger partial charge in [-0.3, -0.25) is 4.79 Å². The molecule has 1 aliphatic rings. The van der Waals surface area contributed by atoms with Crippen molar-refractivity contribution in [2.75, 3.05) is 43.2 Å². The number of anilines is 2. The van der Waals surface area contributed by atoms with E-state index in [1.54, 1.807) is 24.1 Å². The second-order valence-corrected chi connectivity index (χ2v) is 7.44. The molecule has 6 nitrogen and oxygen atoms in total. The minimum atomic E-state index is -0.318. The highest BCUT2D eigenvalue weighted by molar-refractivity contribution is 5.94. The molecule has 1 aliphatic heterocycles. The van der Waals surface area contributed by atoms with E-state index < -0.39 is 0 Å². The fourth-order valence-corrected chi connectivity index (χ4v) is 3.85. The first-order valence-corrected chi connectivity index (χ1v) is 10.7. The number of ether oxygens (including phenoxy) is 2. The molecule has 32 heavy (non-hydrogen) atoms. The van der Waals surface area contributed by atoms with Crippen molar-refractivity contribution in [3.8, 4) is 22.9 Å². The maximum absolute atomic E-state index is 13.3. The van der Waals surface area contributed by atoms with Gasteiger partial charge >= 0.3 is 0 Å². The summed E-state index contributed by atoms with van der Waals surface area (Å²) in [6.45, 7) is 4.24. The number of hydrogen-bond donors (Lipinski definition) is 0. The Kier molecular flexibility index (Phi) is 6.54. The van der Waals surface area contributed by atoms with Crippen LogP contribution < -0.4 is 19.3 Å². The first-order valence-electron chi connectivity index (χ1n) is 10.7. The van der Waals surface area contributed by atoms with Crippen molar-refractivity contribution in [3.05, 3.63) is 66.5 Å². The number of halogens is 1. The largest absolute Gasteiger partial charge is 0.494 e. The average molecular weight is 435 g/mol. The molecule has 0 spiro atoms. The highest BCUT2D eigenvalue weighted by Crippen LogP contribution is 2.33. The number of rotatable bonds is 6. The SMILES string of the molecule is CCOc1ccc(-c2nc(OC)ccc2N2CCC(=O)N(c3ccc(F)cc3)CC2)cc1. The van der Waals surface area contributed by atoms with E-state index in [9.17, 15) is 9.18 Å². The van der Waals surface area contributed by atoms with Crippen LogP contribution >= 0.6 is 0 Å². The monoisotopic (exact) mass is 435 g/mol. The molecule has 0 atom stereocenters. The highest BCUT2D eigenvalue weighted by Gasteiger charge is 2.24. The van der Waals surface area contributed by atoms with Gasteiger partial charge in [-0.05, 0) is 61.5 Å². The van der Waals surface area contributed by atoms with Crippen LogP contribution in [0, 0.1) is 5.82 Å². The molecule has 0 bridgehead atoms. The summed E-state index contributed by atoms with van der Waals surface area (Å²) in [5.41, 5.74) is 3.37. The molecule has 7 heteroatoms. The second-order valence-electron chi connectivity index (χ2n) is 7.44. The summed E-state index contributed by atoms with van der Waals surface area (Å²) in [7, 11) is 1.59. The summed E-state index contributed by atoms with van der Waals surface area (Å²) >= 11 is 0. The van der Waals surface area contributed by atoms with Crippen molar-refractivity contribution in [3.63, 3.8) is 0 Å². The van der Waals surface area contributed by atoms with E-state index in [1.165, 1.54) is 12.1 Å². The van der Waals surface area contributed by atoms with Crippen molar-refractivity contribution in [2.24, 2.45) is 0 Å². The lowest BCUT2D eigenvalue weighted by atomic mass is 10.1. The molecule has 1 amide bonds. The van der Waals surface area contributed by atoms with Crippen LogP contribution in [0.4, 0.5) is 15.8 Å². The second kappa shape index (κ2) is 9.68. The highest BCUT2D eigenvalue weighted by atomic mass is 19.1. The van der Waals surface area contributed by atoms with Gasteiger partial charge in [-0.2, -0.15) is 0 Å². The van der Waals surface area contributed by atoms with Gasteiger partial charge < -0.3 is 19.3 Å². The number of carbonyl (C=O) groups excluding carboxylic acids is 1. The van der Waals surface area contributed by atoms with Crippen LogP contribution in [-0.2, 0) is 4.79 Å². The molecule has 0 aliphatic carbocycles. The Bertz CT molecular complexity index is 1070. The van der Waals surface area contributed by atoms with E-state index in [2.05, 4.69) is 4.90 Å². The fourth-order valence-electron chi connectivity index (χ4n) is 3.85. The Hall–Kier alpha value is -3.61. The van der Waals surface area contributed by atoms with E-state index in [0.29, 0.717) is 44.2 Å². The summed E-state index contributed by atoms with van der Waals surface area (Å²) in [6.07, 6.45) is 0.353. The lowest BCUT2D eigenvalue weighted by Crippen LogP contribution is -2.33. The van der Waals surface area contributed by atoms with Gasteiger partial charge in [-0.25, -0.2) is 9.37 Å². The van der Waals surface area contributed by atoms with Crippen LogP contribution in [0.2, 0.25) is 0 Å². The molecule has 2 heterocycles. The third-order valence-corrected chi connectivity index (χ3v) is 5.47. The summed E-state index contributed by atoms with van der Waals surface area (Å²) in [4.78, 5) is 21.4. The molecular formula is C25H26FN3O3. The van der Waals surface area contributed by atoms with Crippen LogP contribution in [0.5, 0.6) is 11.6 Å². The van der Waals surface area contributed by atoms with Gasteiger partial charge in [-0.1, -0.05) is 0 Å². The first kappa shape index (κ1) is 21.6. The first-order chi connectivity index (χ1) is 15.6. The van der Waals surface area contributed by atoms with E-state index in [-0.39, 0.29) is 11.7 Å². The molecule has 3 aromatic rings. The number of pyridine rings is 1. The van der Waals surface area contributed by atoms with Crippen LogP contribution in [0.3, 0.4) is 0 Å². The van der Waals surface area contributed by atoms with Crippen molar-refractivity contribution >= 4 is 17.3 Å². The van der Waals surface area contributed by atoms with E-state index >= 15 is 0 Å². The zero-order chi connectivity index (χ0) is 22.5. The number of amides is 1. The predicted molar refractivity (Wildman–Crippen MR) is 123 cm³/mol. The minimum Gasteiger partial charge on any atom is -0.494 e. The summed E-state index contributed by atoms with van der Waals surface area (Å²) in [5, 5.41) is 0. The van der Waals surface area contributed by atoms with E-state index in [1.807, 2.05) is 43.3 Å². The van der Waals surface area contributed by atoms with Crippen molar-refractivity contribution in [1.82, 2.24) is 4.98 Å². The summed E-state index contributed by atoms with van der Waals surface area (Å²) < 4.78 is 24.2. The van der Waals surface area contributed by atoms with Gasteiger partial charge in [0.1, 0.15) is 11.6 Å². The third kappa shape index (κ3) is 4.66. The molecule has 0 radical (unpaired) electrons. The zero-order valence-corrected chi connectivity index (χ0v) is 18.3. The Labute approximate surface area is 187 Å². The molecule has 0 N–H and O–H groups in total. The van der Waals surface area contributed by atoms with Crippen molar-refractivity contribution in [1.29, 1.82) is 0 Å². The van der Waals surface area contributed by atoms with E-state index in [0.717, 1.165) is 22.7 Å². The minimum absolute atomic E-state index is 0.0168. The average Bonchev–Trinajstić information content (AvgIpc) is 3.01. The molecule has 1 aromatic heterocycles. The number of hydrogen-bond acceptors (Lipinski definition) is 5. The predicted octanol–water partition coefficient (Wildman–Crippen LogP) is 4.54. The number of aromatic nitrogens is 1. The van der Waals surface area contributed by atoms with Gasteiger partial charge in [0.05, 0.1) is 25.1 Å². The number of carbonyl (C=O) groups is 1. The van der Waals surface area contributed by atoms with Gasteiger partial charge in [0.15, 0.2) is 0 Å². The number of nitrogens with zero attached hydrogens (tertiary/aromatic N) is 3. The molecule has 4 rings (SSSR count). The quantitative estimate of drug-likeness (QED) is 0.569. The smallest absolute Gasteiger partial charge is 0.228 e. The van der Waals surface area contributed by atoms with Crippen LogP contribution in [0.25, 0.3) is 11.3 Å². The molecule has 2 aromatic carbocycles. The normalized spacial score (nSPS) is 14.3. The fraction of sp³-hybridized carbons (Fsp3) is 0.280. The van der Waals surface area contributed by atoms with Crippen molar-refractivity contribution in [2.45, 2.75) is 13.3 Å². The van der Waals surface area contributed by atoms with Gasteiger partial charge in [0.25, 0.3) is 0 Å². The van der Waals surface area contributed by atoms with E-state index in [4.69, 9.17) is 14.5 Å². The maximum atomic E-state index is 13.3. The van der Waals surface area contributed by atoms with Crippen LogP contribution in [0.15, 0.2) is 60.7 Å². The standard InChI is InChI=1S/C25H26FN3O3/c1-3-32-21-10-4-18(5-11-21)25-22(12-13-23(27-25)31-2)28-15-14-24(30)29(17-16-28)20-8-6-19(26)7-9-20/h4-13H,3,14-17H2,1-2H3. The summed E-state index contributed by atoms with van der Waals surface area (Å²) in [5.74, 6) is 1.03. The molecule has 1 saturated heterocycles. The molecular weight excluding hydrogens is 409 g/mol. The molecule has 0 unspecified atom stereocenters. The lowest BCUT2D eigenvalue weighted by molar-refractivity contribution is -0.118. The number of benzene rings is 2. The Morgan fingerprint density at radius 3 is 2.41 bits per heavy atom. The lowest BCUT2D eigenvalue weighted by Gasteiger charge is -2.26. The van der Waals surface area contributed by atoms with Gasteiger partial charge in [0.2, 0.25) is 11.8 Å². The number of methoxy groups -OCH3 is 1. The molecule has 1 fully saturated rings. The maximum Gasteiger partial charge on any atom is 0.228 e. The van der Waals surface area contributed by atoms with Gasteiger partial charge in [-0.15, -0.1) is 0 Å². The Morgan fingerprint density at radius 1 is 0.969 bits per heavy atom. The van der Waals surface area contributed by atoms with Crippen LogP contribution in [0.1, 0.15) is 13.3 Å². The molecule has 0 saturated carbocycles. The Balaban J connectivity index is 1.63. The van der Waals surface area contributed by atoms with Crippen molar-refractivity contribution < 1.29 is 18.7 Å². The van der Waals surface area contributed by atoms with Gasteiger partial charge in [0, 0.05) is 43.4 Å². The zero-order valence-electron chi connectivity index (χ0n) is 18.3. The molecule has 166 valence electrons. The Morgan fingerprint density at radius 2 is 1.72 bits per heavy atom. The summed E-state index contributed by atoms with van der Waals surface area (Å²) in [6, 6.07) is 17.7. The van der Waals surface area contributed by atoms with Crippen LogP contribution in [-0.4, -0.2) is 44.2 Å².